The van der Waals surface area contributed by atoms with Crippen LogP contribution in [0, 0.1) is 0 Å². The maximum Gasteiger partial charge on any atom is 0.296 e. The number of fused-ring (bicyclic) bond motifs is 1. The van der Waals surface area contributed by atoms with Crippen LogP contribution in [0.15, 0.2) is 23.4 Å². The molecular weight excluding hydrogens is 302 g/mol. The van der Waals surface area contributed by atoms with Gasteiger partial charge in [0.15, 0.2) is 5.82 Å². The second kappa shape index (κ2) is 4.75. The number of halogens is 1. The summed E-state index contributed by atoms with van der Waals surface area (Å²) < 4.78 is 29.9. The average molecular weight is 314 g/mol. The lowest BCUT2D eigenvalue weighted by Gasteiger charge is -2.07. The predicted octanol–water partition coefficient (Wildman–Crippen LogP) is 1.83. The van der Waals surface area contributed by atoms with Gasteiger partial charge in [-0.25, -0.2) is 8.42 Å². The van der Waals surface area contributed by atoms with Crippen LogP contribution in [0.1, 0.15) is 12.5 Å². The maximum atomic E-state index is 11.5. The van der Waals surface area contributed by atoms with Crippen molar-refractivity contribution in [3.05, 3.63) is 23.8 Å². The number of nitrogens with zero attached hydrogens (tertiary/aromatic N) is 3. The minimum absolute atomic E-state index is 0.228. The first kappa shape index (κ1) is 13.4. The lowest BCUT2D eigenvalue weighted by Crippen LogP contribution is -2.06. The molecule has 20 heavy (non-hydrogen) atoms. The highest BCUT2D eigenvalue weighted by Crippen LogP contribution is 2.30. The molecule has 0 atom stereocenters. The molecule has 0 radical (unpaired) electrons. The molecule has 8 heteroatoms. The molecule has 0 unspecified atom stereocenters. The largest absolute Gasteiger partial charge is 0.493 e. The molecule has 2 heterocycles. The summed E-state index contributed by atoms with van der Waals surface area (Å²) >= 11 is 0. The Kier molecular flexibility index (Phi) is 3.18. The Balaban J connectivity index is 2.13. The number of hydrogen-bond acceptors (Lipinski definition) is 5. The summed E-state index contributed by atoms with van der Waals surface area (Å²) in [7, 11) is 1.46. The van der Waals surface area contributed by atoms with Crippen LogP contribution in [0.3, 0.4) is 0 Å². The molecular formula is C12H12ClN3O3S. The number of rotatable bonds is 3. The van der Waals surface area contributed by atoms with Crippen molar-refractivity contribution < 1.29 is 13.2 Å². The second-order valence-electron chi connectivity index (χ2n) is 4.41. The molecule has 0 spiro atoms. The molecule has 1 aromatic carbocycles. The molecule has 106 valence electrons. The Hall–Kier alpha value is -1.60. The zero-order valence-corrected chi connectivity index (χ0v) is 12.3. The van der Waals surface area contributed by atoms with Crippen LogP contribution in [0.2, 0.25) is 0 Å². The molecule has 0 fully saturated rings. The number of aromatic nitrogens is 3. The van der Waals surface area contributed by atoms with E-state index in [0.717, 1.165) is 23.3 Å². The van der Waals surface area contributed by atoms with E-state index in [-0.39, 0.29) is 5.16 Å². The van der Waals surface area contributed by atoms with Crippen LogP contribution in [0.4, 0.5) is 0 Å². The molecule has 1 aliphatic heterocycles. The van der Waals surface area contributed by atoms with E-state index in [1.165, 1.54) is 4.57 Å². The highest BCUT2D eigenvalue weighted by atomic mass is 35.7. The number of hydrogen-bond donors (Lipinski definition) is 0. The van der Waals surface area contributed by atoms with Crippen molar-refractivity contribution in [1.82, 2.24) is 14.8 Å². The van der Waals surface area contributed by atoms with Crippen LogP contribution in [-0.4, -0.2) is 29.8 Å². The first-order chi connectivity index (χ1) is 9.50. The van der Waals surface area contributed by atoms with Crippen molar-refractivity contribution >= 4 is 19.7 Å². The van der Waals surface area contributed by atoms with Crippen molar-refractivity contribution in [2.75, 3.05) is 6.61 Å². The van der Waals surface area contributed by atoms with Crippen LogP contribution in [0.25, 0.3) is 11.4 Å². The van der Waals surface area contributed by atoms with Crippen LogP contribution in [0.5, 0.6) is 5.75 Å². The van der Waals surface area contributed by atoms with Crippen LogP contribution in [-0.2, 0) is 22.0 Å². The van der Waals surface area contributed by atoms with Gasteiger partial charge >= 0.3 is 0 Å². The van der Waals surface area contributed by atoms with Gasteiger partial charge in [0.25, 0.3) is 14.2 Å². The van der Waals surface area contributed by atoms with Gasteiger partial charge in [-0.2, -0.15) is 0 Å². The van der Waals surface area contributed by atoms with Crippen molar-refractivity contribution in [1.29, 1.82) is 0 Å². The molecule has 0 N–H and O–H groups in total. The molecule has 6 nitrogen and oxygen atoms in total. The summed E-state index contributed by atoms with van der Waals surface area (Å²) in [6.07, 6.45) is 0.837. The first-order valence-corrected chi connectivity index (χ1v) is 8.45. The number of benzene rings is 1. The summed E-state index contributed by atoms with van der Waals surface area (Å²) in [6, 6.07) is 5.65. The number of ether oxygens (including phenoxy) is 1. The fourth-order valence-corrected chi connectivity index (χ4v) is 3.25. The fraction of sp³-hybridized carbons (Fsp3) is 0.333. The highest BCUT2D eigenvalue weighted by Gasteiger charge is 2.23. The Morgan fingerprint density at radius 3 is 2.90 bits per heavy atom. The average Bonchev–Trinajstić information content (AvgIpc) is 3.03. The van der Waals surface area contributed by atoms with E-state index in [2.05, 4.69) is 10.2 Å². The molecule has 0 saturated heterocycles. The zero-order chi connectivity index (χ0) is 14.3. The van der Waals surface area contributed by atoms with E-state index < -0.39 is 9.05 Å². The van der Waals surface area contributed by atoms with E-state index in [9.17, 15) is 8.42 Å². The van der Waals surface area contributed by atoms with Crippen LogP contribution >= 0.6 is 10.7 Å². The summed E-state index contributed by atoms with van der Waals surface area (Å²) in [5.41, 5.74) is 1.89. The van der Waals surface area contributed by atoms with Gasteiger partial charge in [0.2, 0.25) is 0 Å². The quantitative estimate of drug-likeness (QED) is 0.808. The molecule has 3 rings (SSSR count). The highest BCUT2D eigenvalue weighted by molar-refractivity contribution is 8.13. The van der Waals surface area contributed by atoms with E-state index in [4.69, 9.17) is 15.4 Å². The van der Waals surface area contributed by atoms with Crippen LogP contribution < -0.4 is 4.74 Å². The second-order valence-corrected chi connectivity index (χ2v) is 6.87. The summed E-state index contributed by atoms with van der Waals surface area (Å²) in [5, 5.41) is 7.42. The van der Waals surface area contributed by atoms with Crippen molar-refractivity contribution in [3.8, 4) is 17.1 Å². The van der Waals surface area contributed by atoms with Crippen molar-refractivity contribution in [2.45, 2.75) is 25.0 Å². The smallest absolute Gasteiger partial charge is 0.296 e. The van der Waals surface area contributed by atoms with E-state index >= 15 is 0 Å². The molecule has 2 aromatic rings. The molecule has 0 saturated carbocycles. The first-order valence-electron chi connectivity index (χ1n) is 6.14. The lowest BCUT2D eigenvalue weighted by molar-refractivity contribution is 0.357. The summed E-state index contributed by atoms with van der Waals surface area (Å²) in [5.74, 6) is 1.35. The van der Waals surface area contributed by atoms with Gasteiger partial charge in [-0.05, 0) is 30.7 Å². The van der Waals surface area contributed by atoms with E-state index in [0.29, 0.717) is 19.0 Å². The third kappa shape index (κ3) is 2.16. The molecule has 0 amide bonds. The molecule has 0 aliphatic carbocycles. The van der Waals surface area contributed by atoms with E-state index in [1.54, 1.807) is 0 Å². The molecule has 0 bridgehead atoms. The minimum atomic E-state index is -3.91. The van der Waals surface area contributed by atoms with Gasteiger partial charge in [-0.15, -0.1) is 10.2 Å². The molecule has 1 aromatic heterocycles. The normalized spacial score (nSPS) is 14.1. The topological polar surface area (TPSA) is 74.1 Å². The zero-order valence-electron chi connectivity index (χ0n) is 10.7. The fourth-order valence-electron chi connectivity index (χ4n) is 2.29. The predicted molar refractivity (Wildman–Crippen MR) is 73.4 cm³/mol. The van der Waals surface area contributed by atoms with Crippen molar-refractivity contribution in [2.24, 2.45) is 0 Å². The van der Waals surface area contributed by atoms with Crippen molar-refractivity contribution in [3.63, 3.8) is 0 Å². The third-order valence-electron chi connectivity index (χ3n) is 3.20. The monoisotopic (exact) mass is 313 g/mol. The minimum Gasteiger partial charge on any atom is -0.493 e. The summed E-state index contributed by atoms with van der Waals surface area (Å²) in [6.45, 7) is 2.90. The lowest BCUT2D eigenvalue weighted by atomic mass is 10.1. The van der Waals surface area contributed by atoms with Gasteiger partial charge in [0.05, 0.1) is 6.61 Å². The summed E-state index contributed by atoms with van der Waals surface area (Å²) in [4.78, 5) is 0. The Bertz CT molecular complexity index is 770. The Morgan fingerprint density at radius 1 is 1.40 bits per heavy atom. The maximum absolute atomic E-state index is 11.5. The Labute approximate surface area is 120 Å². The van der Waals surface area contributed by atoms with Gasteiger partial charge in [-0.1, -0.05) is 0 Å². The van der Waals surface area contributed by atoms with Gasteiger partial charge in [0.1, 0.15) is 5.75 Å². The van der Waals surface area contributed by atoms with E-state index in [1.807, 2.05) is 25.1 Å². The Morgan fingerprint density at radius 2 is 2.20 bits per heavy atom. The van der Waals surface area contributed by atoms with Gasteiger partial charge in [0, 0.05) is 29.2 Å². The SMILES string of the molecule is CCn1c(-c2ccc3c(c2)CCO3)nnc1S(=O)(=O)Cl. The molecule has 1 aliphatic rings. The third-order valence-corrected chi connectivity index (χ3v) is 4.35. The van der Waals surface area contributed by atoms with Gasteiger partial charge < -0.3 is 4.74 Å². The standard InChI is InChI=1S/C12H12ClN3O3S/c1-2-16-11(14-15-12(16)20(13,17)18)9-3-4-10-8(7-9)5-6-19-10/h3-4,7H,2,5-6H2,1H3. The van der Waals surface area contributed by atoms with Gasteiger partial charge in [-0.3, -0.25) is 4.57 Å².